The van der Waals surface area contributed by atoms with Gasteiger partial charge in [0.2, 0.25) is 0 Å². The number of hydrogen-bond donors (Lipinski definition) is 4. The lowest BCUT2D eigenvalue weighted by molar-refractivity contribution is 0.389. The molecular weight excluding hydrogens is 232 g/mol. The Morgan fingerprint density at radius 3 is 2.00 bits per heavy atom. The molecule has 1 rings (SSSR count). The fourth-order valence-electron chi connectivity index (χ4n) is 0.849. The van der Waals surface area contributed by atoms with E-state index in [1.807, 2.05) is 0 Å². The van der Waals surface area contributed by atoms with Crippen LogP contribution in [-0.2, 0) is 22.2 Å². The predicted octanol–water partition coefficient (Wildman–Crippen LogP) is 0.259. The van der Waals surface area contributed by atoms with Crippen molar-refractivity contribution in [3.63, 3.8) is 0 Å². The highest BCUT2D eigenvalue weighted by Gasteiger charge is 2.20. The van der Waals surface area contributed by atoms with Crippen molar-refractivity contribution in [3.05, 3.63) is 12.1 Å². The van der Waals surface area contributed by atoms with Gasteiger partial charge in [0.15, 0.2) is 33.7 Å². The maximum Gasteiger partial charge on any atom is 0.191 e. The van der Waals surface area contributed by atoms with Crippen LogP contribution >= 0.6 is 0 Å². The van der Waals surface area contributed by atoms with Crippen LogP contribution in [0.15, 0.2) is 21.9 Å². The average molecular weight is 238 g/mol. The molecule has 14 heavy (non-hydrogen) atoms. The summed E-state index contributed by atoms with van der Waals surface area (Å²) in [5, 5.41) is 18.1. The number of phenolic OH excluding ortho intramolecular Hbond substituents is 2. The molecule has 1 aromatic carbocycles. The summed E-state index contributed by atoms with van der Waals surface area (Å²) in [6.07, 6.45) is 0. The summed E-state index contributed by atoms with van der Waals surface area (Å²) in [6, 6.07) is 1.93. The van der Waals surface area contributed by atoms with Gasteiger partial charge in [0.1, 0.15) is 4.90 Å². The molecule has 4 N–H and O–H groups in total. The van der Waals surface area contributed by atoms with Gasteiger partial charge in [-0.1, -0.05) is 0 Å². The van der Waals surface area contributed by atoms with Gasteiger partial charge >= 0.3 is 0 Å². The fourth-order valence-corrected chi connectivity index (χ4v) is 2.23. The third-order valence-corrected chi connectivity index (χ3v) is 3.04. The molecule has 1 aromatic rings. The molecule has 0 spiro atoms. The van der Waals surface area contributed by atoms with E-state index in [0.29, 0.717) is 0 Å². The van der Waals surface area contributed by atoms with Gasteiger partial charge < -0.3 is 19.3 Å². The highest BCUT2D eigenvalue weighted by atomic mass is 32.2. The van der Waals surface area contributed by atoms with Crippen molar-refractivity contribution in [2.24, 2.45) is 0 Å². The summed E-state index contributed by atoms with van der Waals surface area (Å²) >= 11 is -5.15. The Labute approximate surface area is 83.8 Å². The molecule has 0 heterocycles. The third kappa shape index (κ3) is 1.93. The fraction of sp³-hybridized carbons (Fsp3) is 0. The van der Waals surface area contributed by atoms with Gasteiger partial charge in [-0.05, 0) is 12.1 Å². The molecule has 0 aliphatic rings. The summed E-state index contributed by atoms with van der Waals surface area (Å²) in [4.78, 5) is -1.08. The average Bonchev–Trinajstić information content (AvgIpc) is 2.08. The van der Waals surface area contributed by atoms with Crippen LogP contribution in [0, 0.1) is 0 Å². The quantitative estimate of drug-likeness (QED) is 0.434. The summed E-state index contributed by atoms with van der Waals surface area (Å²) in [7, 11) is 0. The van der Waals surface area contributed by atoms with Crippen LogP contribution in [0.1, 0.15) is 0 Å². The second kappa shape index (κ2) is 4.05. The van der Waals surface area contributed by atoms with E-state index in [4.69, 9.17) is 19.3 Å². The molecule has 8 heteroatoms. The molecule has 2 unspecified atom stereocenters. The van der Waals surface area contributed by atoms with Gasteiger partial charge in [-0.2, -0.15) is 0 Å². The van der Waals surface area contributed by atoms with E-state index in [2.05, 4.69) is 0 Å². The lowest BCUT2D eigenvalue weighted by atomic mass is 10.3. The van der Waals surface area contributed by atoms with Crippen molar-refractivity contribution in [1.29, 1.82) is 0 Å². The molecule has 0 aliphatic carbocycles. The van der Waals surface area contributed by atoms with Crippen molar-refractivity contribution in [1.82, 2.24) is 0 Å². The van der Waals surface area contributed by atoms with E-state index >= 15 is 0 Å². The van der Waals surface area contributed by atoms with Crippen molar-refractivity contribution in [2.45, 2.75) is 9.79 Å². The number of phenols is 2. The van der Waals surface area contributed by atoms with Gasteiger partial charge in [0.05, 0.1) is 4.90 Å². The molecular formula is C6H6O6S2. The second-order valence-electron chi connectivity index (χ2n) is 2.26. The topological polar surface area (TPSA) is 115 Å². The van der Waals surface area contributed by atoms with Gasteiger partial charge in [-0.25, -0.2) is 8.42 Å². The Morgan fingerprint density at radius 2 is 1.57 bits per heavy atom. The molecule has 0 bridgehead atoms. The van der Waals surface area contributed by atoms with E-state index in [1.165, 1.54) is 0 Å². The molecule has 78 valence electrons. The summed E-state index contributed by atoms with van der Waals surface area (Å²) in [5.74, 6) is -1.50. The number of hydrogen-bond acceptors (Lipinski definition) is 4. The molecule has 0 saturated carbocycles. The minimum Gasteiger partial charge on any atom is -0.504 e. The normalized spacial score (nSPS) is 15.0. The zero-order chi connectivity index (χ0) is 10.9. The van der Waals surface area contributed by atoms with Gasteiger partial charge in [-0.3, -0.25) is 0 Å². The van der Waals surface area contributed by atoms with Crippen molar-refractivity contribution in [2.75, 3.05) is 0 Å². The van der Waals surface area contributed by atoms with E-state index in [9.17, 15) is 8.42 Å². The Morgan fingerprint density at radius 1 is 1.00 bits per heavy atom. The predicted molar refractivity (Wildman–Crippen MR) is 47.8 cm³/mol. The Kier molecular flexibility index (Phi) is 3.21. The highest BCUT2D eigenvalue weighted by Crippen LogP contribution is 2.34. The van der Waals surface area contributed by atoms with Crippen molar-refractivity contribution < 1.29 is 27.7 Å². The van der Waals surface area contributed by atoms with Crippen LogP contribution in [0.5, 0.6) is 11.5 Å². The van der Waals surface area contributed by atoms with E-state index < -0.39 is 43.5 Å². The van der Waals surface area contributed by atoms with Crippen LogP contribution < -0.4 is 0 Å². The Balaban J connectivity index is 3.53. The monoisotopic (exact) mass is 238 g/mol. The second-order valence-corrected chi connectivity index (χ2v) is 4.10. The Hall–Kier alpha value is -0.960. The molecule has 0 amide bonds. The van der Waals surface area contributed by atoms with Gasteiger partial charge in [-0.15, -0.1) is 0 Å². The van der Waals surface area contributed by atoms with Crippen LogP contribution in [0.4, 0.5) is 0 Å². The van der Waals surface area contributed by atoms with E-state index in [-0.39, 0.29) is 0 Å². The largest absolute Gasteiger partial charge is 0.504 e. The van der Waals surface area contributed by atoms with Crippen LogP contribution in [0.3, 0.4) is 0 Å². The third-order valence-electron chi connectivity index (χ3n) is 1.44. The minimum absolute atomic E-state index is 0.416. The Bertz CT molecular complexity index is 415. The maximum absolute atomic E-state index is 10.7. The zero-order valence-corrected chi connectivity index (χ0v) is 8.21. The van der Waals surface area contributed by atoms with Gasteiger partial charge in [0, 0.05) is 0 Å². The smallest absolute Gasteiger partial charge is 0.191 e. The molecule has 6 nitrogen and oxygen atoms in total. The van der Waals surface area contributed by atoms with Crippen molar-refractivity contribution in [3.8, 4) is 11.5 Å². The molecule has 2 atom stereocenters. The number of benzene rings is 1. The number of aromatic hydroxyl groups is 2. The van der Waals surface area contributed by atoms with Crippen LogP contribution in [0.2, 0.25) is 0 Å². The first kappa shape index (κ1) is 11.1. The van der Waals surface area contributed by atoms with E-state index in [0.717, 1.165) is 12.1 Å². The summed E-state index contributed by atoms with van der Waals surface area (Å²) in [5.41, 5.74) is 0. The lowest BCUT2D eigenvalue weighted by Gasteiger charge is -2.05. The number of rotatable bonds is 2. The van der Waals surface area contributed by atoms with Crippen LogP contribution in [-0.4, -0.2) is 27.7 Å². The van der Waals surface area contributed by atoms with E-state index in [1.54, 1.807) is 0 Å². The SMILES string of the molecule is O=S(O)c1ccc(O)c(O)c1S(=O)O. The first-order valence-corrected chi connectivity index (χ1v) is 5.43. The zero-order valence-electron chi connectivity index (χ0n) is 6.58. The standard InChI is InChI=1S/C6H6O6S2/c7-3-1-2-4(13(9)10)6(5(3)8)14(11)12/h1-2,7-8H,(H,9,10)(H,11,12). The molecule has 0 radical (unpaired) electrons. The highest BCUT2D eigenvalue weighted by molar-refractivity contribution is 7.82. The molecule has 0 aromatic heterocycles. The summed E-state index contributed by atoms with van der Waals surface area (Å²) < 4.78 is 38.8. The maximum atomic E-state index is 10.7. The summed E-state index contributed by atoms with van der Waals surface area (Å²) in [6.45, 7) is 0. The first-order chi connectivity index (χ1) is 6.45. The molecule has 0 aliphatic heterocycles. The van der Waals surface area contributed by atoms with Crippen LogP contribution in [0.25, 0.3) is 0 Å². The molecule has 0 fully saturated rings. The minimum atomic E-state index is -2.65. The first-order valence-electron chi connectivity index (χ1n) is 3.21. The van der Waals surface area contributed by atoms with Gasteiger partial charge in [0.25, 0.3) is 0 Å². The lowest BCUT2D eigenvalue weighted by Crippen LogP contribution is -1.99. The molecule has 0 saturated heterocycles. The van der Waals surface area contributed by atoms with Crippen molar-refractivity contribution >= 4 is 22.2 Å².